The molecule has 1 fully saturated rings. The first-order valence-corrected chi connectivity index (χ1v) is 10.8. The fourth-order valence-corrected chi connectivity index (χ4v) is 3.75. The van der Waals surface area contributed by atoms with Gasteiger partial charge in [-0.25, -0.2) is 4.79 Å². The molecule has 5 nitrogen and oxygen atoms in total. The average Bonchev–Trinajstić information content (AvgIpc) is 2.73. The number of alkyl halides is 3. The number of aryl methyl sites for hydroxylation is 1. The Hall–Kier alpha value is -2.87. The van der Waals surface area contributed by atoms with Crippen LogP contribution in [0.4, 0.5) is 13.2 Å². The van der Waals surface area contributed by atoms with Crippen molar-refractivity contribution < 1.29 is 27.9 Å². The Morgan fingerprint density at radius 1 is 1.06 bits per heavy atom. The Labute approximate surface area is 192 Å². The van der Waals surface area contributed by atoms with E-state index in [1.807, 2.05) is 25.1 Å². The van der Waals surface area contributed by atoms with Gasteiger partial charge in [-0.15, -0.1) is 0 Å². The largest absolute Gasteiger partial charge is 0.490 e. The molecular formula is C25H31F3N2O3. The van der Waals surface area contributed by atoms with Gasteiger partial charge in [-0.2, -0.15) is 13.2 Å². The molecule has 2 aromatic carbocycles. The molecule has 4 N–H and O–H groups in total. The van der Waals surface area contributed by atoms with Crippen molar-refractivity contribution in [2.24, 2.45) is 11.1 Å². The fraction of sp³-hybridized carbons (Fsp3) is 0.440. The number of hydrogen-bond acceptors (Lipinski definition) is 3. The second kappa shape index (κ2) is 10.8. The molecule has 0 spiro atoms. The molecule has 180 valence electrons. The minimum absolute atomic E-state index is 0.374. The molecule has 3 rings (SSSR count). The van der Waals surface area contributed by atoms with Gasteiger partial charge in [0.05, 0.1) is 0 Å². The van der Waals surface area contributed by atoms with Gasteiger partial charge in [0.25, 0.3) is 0 Å². The molecule has 1 amide bonds. The summed E-state index contributed by atoms with van der Waals surface area (Å²) in [6, 6.07) is 15.1. The SMILES string of the molecule is Cc1ccc(-c2ccc(CNC3CCC(C)(C)CC3)cc2)cc1C(N)=O.O=C(O)C(F)(F)F. The summed E-state index contributed by atoms with van der Waals surface area (Å²) in [4.78, 5) is 20.4. The number of halogens is 3. The lowest BCUT2D eigenvalue weighted by atomic mass is 9.75. The number of nitrogens with two attached hydrogens (primary N) is 1. The van der Waals surface area contributed by atoms with Gasteiger partial charge in [-0.1, -0.05) is 50.2 Å². The molecule has 0 radical (unpaired) electrons. The van der Waals surface area contributed by atoms with E-state index in [9.17, 15) is 18.0 Å². The molecular weight excluding hydrogens is 433 g/mol. The number of aliphatic carboxylic acids is 1. The number of hydrogen-bond donors (Lipinski definition) is 3. The molecule has 0 aromatic heterocycles. The number of amides is 1. The smallest absolute Gasteiger partial charge is 0.475 e. The highest BCUT2D eigenvalue weighted by molar-refractivity contribution is 5.95. The predicted octanol–water partition coefficient (Wildman–Crippen LogP) is 5.45. The van der Waals surface area contributed by atoms with E-state index in [0.717, 1.165) is 23.2 Å². The third kappa shape index (κ3) is 8.20. The molecule has 1 aliphatic carbocycles. The van der Waals surface area contributed by atoms with Crippen molar-refractivity contribution >= 4 is 11.9 Å². The van der Waals surface area contributed by atoms with Crippen molar-refractivity contribution in [2.45, 2.75) is 65.2 Å². The Balaban J connectivity index is 0.000000479. The first-order chi connectivity index (χ1) is 15.3. The van der Waals surface area contributed by atoms with Crippen LogP contribution in [0.5, 0.6) is 0 Å². The van der Waals surface area contributed by atoms with Gasteiger partial charge < -0.3 is 16.2 Å². The molecule has 0 atom stereocenters. The van der Waals surface area contributed by atoms with E-state index in [1.54, 1.807) is 0 Å². The zero-order valence-corrected chi connectivity index (χ0v) is 19.1. The van der Waals surface area contributed by atoms with Gasteiger partial charge in [0.15, 0.2) is 0 Å². The van der Waals surface area contributed by atoms with Crippen LogP contribution in [-0.2, 0) is 11.3 Å². The van der Waals surface area contributed by atoms with Crippen molar-refractivity contribution in [2.75, 3.05) is 0 Å². The predicted molar refractivity (Wildman–Crippen MR) is 122 cm³/mol. The second-order valence-corrected chi connectivity index (χ2v) is 9.21. The van der Waals surface area contributed by atoms with Crippen LogP contribution in [0.3, 0.4) is 0 Å². The van der Waals surface area contributed by atoms with Gasteiger partial charge in [0.1, 0.15) is 0 Å². The lowest BCUT2D eigenvalue weighted by molar-refractivity contribution is -0.192. The average molecular weight is 465 g/mol. The number of carboxylic acid groups (broad SMARTS) is 1. The molecule has 0 bridgehead atoms. The summed E-state index contributed by atoms with van der Waals surface area (Å²) in [5.74, 6) is -3.13. The van der Waals surface area contributed by atoms with Crippen molar-refractivity contribution in [3.8, 4) is 11.1 Å². The Bertz CT molecular complexity index is 960. The van der Waals surface area contributed by atoms with Crippen molar-refractivity contribution in [3.63, 3.8) is 0 Å². The first-order valence-electron chi connectivity index (χ1n) is 10.8. The molecule has 0 aliphatic heterocycles. The summed E-state index contributed by atoms with van der Waals surface area (Å²) in [5.41, 5.74) is 10.9. The summed E-state index contributed by atoms with van der Waals surface area (Å²) < 4.78 is 31.7. The summed E-state index contributed by atoms with van der Waals surface area (Å²) in [7, 11) is 0. The molecule has 0 unspecified atom stereocenters. The van der Waals surface area contributed by atoms with E-state index in [1.165, 1.54) is 31.2 Å². The normalized spacial score (nSPS) is 15.9. The Morgan fingerprint density at radius 3 is 2.06 bits per heavy atom. The standard InChI is InChI=1S/C23H30N2O.C2HF3O2/c1-16-4-7-19(14-21(16)22(24)26)18-8-5-17(6-9-18)15-25-20-10-12-23(2,3)13-11-20;3-2(4,5)1(6)7/h4-9,14,20,25H,10-13,15H2,1-3H3,(H2,24,26);(H,6,7). The van der Waals surface area contributed by atoms with Crippen LogP contribution in [-0.4, -0.2) is 29.2 Å². The van der Waals surface area contributed by atoms with Crippen molar-refractivity contribution in [3.05, 3.63) is 59.2 Å². The molecule has 1 aliphatic rings. The van der Waals surface area contributed by atoms with Gasteiger partial charge in [-0.05, 0) is 66.3 Å². The van der Waals surface area contributed by atoms with E-state index in [4.69, 9.17) is 15.6 Å². The van der Waals surface area contributed by atoms with Crippen LogP contribution in [0.2, 0.25) is 0 Å². The molecule has 33 heavy (non-hydrogen) atoms. The quantitative estimate of drug-likeness (QED) is 0.548. The highest BCUT2D eigenvalue weighted by Crippen LogP contribution is 2.35. The number of rotatable bonds is 5. The van der Waals surface area contributed by atoms with E-state index in [0.29, 0.717) is 17.0 Å². The van der Waals surface area contributed by atoms with Crippen molar-refractivity contribution in [1.29, 1.82) is 0 Å². The topological polar surface area (TPSA) is 92.4 Å². The van der Waals surface area contributed by atoms with Crippen LogP contribution in [0.25, 0.3) is 11.1 Å². The number of carbonyl (C=O) groups excluding carboxylic acids is 1. The highest BCUT2D eigenvalue weighted by Gasteiger charge is 2.38. The zero-order chi connectivity index (χ0) is 24.8. The second-order valence-electron chi connectivity index (χ2n) is 9.21. The first kappa shape index (κ1) is 26.4. The summed E-state index contributed by atoms with van der Waals surface area (Å²) >= 11 is 0. The number of benzene rings is 2. The lowest BCUT2D eigenvalue weighted by Gasteiger charge is -2.34. The van der Waals surface area contributed by atoms with Crippen LogP contribution in [0.15, 0.2) is 42.5 Å². The van der Waals surface area contributed by atoms with E-state index in [2.05, 4.69) is 43.4 Å². The molecule has 0 heterocycles. The molecule has 2 aromatic rings. The van der Waals surface area contributed by atoms with Crippen molar-refractivity contribution in [1.82, 2.24) is 5.32 Å². The van der Waals surface area contributed by atoms with Crippen LogP contribution < -0.4 is 11.1 Å². The number of primary amides is 1. The van der Waals surface area contributed by atoms with Crippen LogP contribution in [0.1, 0.15) is 61.0 Å². The van der Waals surface area contributed by atoms with Gasteiger partial charge >= 0.3 is 12.1 Å². The Morgan fingerprint density at radius 2 is 1.58 bits per heavy atom. The van der Waals surface area contributed by atoms with Gasteiger partial charge in [0.2, 0.25) is 5.91 Å². The number of carboxylic acids is 1. The van der Waals surface area contributed by atoms with E-state index < -0.39 is 12.1 Å². The van der Waals surface area contributed by atoms with E-state index >= 15 is 0 Å². The molecule has 8 heteroatoms. The highest BCUT2D eigenvalue weighted by atomic mass is 19.4. The minimum atomic E-state index is -5.08. The number of nitrogens with one attached hydrogen (secondary N) is 1. The number of carbonyl (C=O) groups is 2. The summed E-state index contributed by atoms with van der Waals surface area (Å²) in [6.07, 6.45) is 0.0626. The molecule has 1 saturated carbocycles. The van der Waals surface area contributed by atoms with Crippen LogP contribution in [0, 0.1) is 12.3 Å². The summed E-state index contributed by atoms with van der Waals surface area (Å²) in [5, 5.41) is 10.8. The third-order valence-corrected chi connectivity index (χ3v) is 5.97. The minimum Gasteiger partial charge on any atom is -0.475 e. The fourth-order valence-electron chi connectivity index (χ4n) is 3.75. The third-order valence-electron chi connectivity index (χ3n) is 5.97. The van der Waals surface area contributed by atoms with Gasteiger partial charge in [0, 0.05) is 18.2 Å². The monoisotopic (exact) mass is 464 g/mol. The van der Waals surface area contributed by atoms with Gasteiger partial charge in [-0.3, -0.25) is 4.79 Å². The maximum Gasteiger partial charge on any atom is 0.490 e. The summed E-state index contributed by atoms with van der Waals surface area (Å²) in [6.45, 7) is 7.56. The maximum absolute atomic E-state index is 11.5. The zero-order valence-electron chi connectivity index (χ0n) is 19.1. The maximum atomic E-state index is 11.5. The van der Waals surface area contributed by atoms with Crippen LogP contribution >= 0.6 is 0 Å². The lowest BCUT2D eigenvalue weighted by Crippen LogP contribution is -2.35. The van der Waals surface area contributed by atoms with E-state index in [-0.39, 0.29) is 5.91 Å². The molecule has 0 saturated heterocycles. The Kier molecular flexibility index (Phi) is 8.66.